The molecular weight excluding hydrogens is 284 g/mol. The van der Waals surface area contributed by atoms with E-state index in [4.69, 9.17) is 0 Å². The average molecular weight is 312 g/mol. The third-order valence-electron chi connectivity index (χ3n) is 5.02. The molecule has 124 valence electrons. The normalized spacial score (nSPS) is 11.8. The van der Waals surface area contributed by atoms with Crippen molar-refractivity contribution in [2.45, 2.75) is 51.9 Å². The summed E-state index contributed by atoms with van der Waals surface area (Å²) in [5, 5.41) is 19.3. The van der Waals surface area contributed by atoms with Gasteiger partial charge in [-0.25, -0.2) is 0 Å². The Hall–Kier alpha value is -1.96. The van der Waals surface area contributed by atoms with Crippen LogP contribution in [0, 0.1) is 5.92 Å². The molecule has 23 heavy (non-hydrogen) atoms. The van der Waals surface area contributed by atoms with Crippen LogP contribution in [0.3, 0.4) is 0 Å². The Kier molecular flexibility index (Phi) is 5.70. The Morgan fingerprint density at radius 2 is 1.09 bits per heavy atom. The molecule has 2 aromatic rings. The summed E-state index contributed by atoms with van der Waals surface area (Å²) in [7, 11) is 0. The Labute approximate surface area is 139 Å². The standard InChI is InChI=1S/C21H28O2/c1-4-6-16(7-5-2)21(3,17-8-12-19(22)13-9-17)18-10-14-20(23)15-11-18/h8-16,22-23H,4-7H2,1-3H3. The minimum Gasteiger partial charge on any atom is -0.508 e. The van der Waals surface area contributed by atoms with Gasteiger partial charge in [-0.05, 0) is 54.2 Å². The topological polar surface area (TPSA) is 40.5 Å². The lowest BCUT2D eigenvalue weighted by atomic mass is 9.64. The summed E-state index contributed by atoms with van der Waals surface area (Å²) in [6.07, 6.45) is 4.62. The second-order valence-corrected chi connectivity index (χ2v) is 6.57. The molecule has 0 heterocycles. The molecule has 0 saturated carbocycles. The van der Waals surface area contributed by atoms with Crippen molar-refractivity contribution in [3.05, 3.63) is 59.7 Å². The Morgan fingerprint density at radius 3 is 1.39 bits per heavy atom. The summed E-state index contributed by atoms with van der Waals surface area (Å²) in [6.45, 7) is 6.76. The first kappa shape index (κ1) is 17.4. The molecule has 0 spiro atoms. The van der Waals surface area contributed by atoms with E-state index in [1.807, 2.05) is 24.3 Å². The van der Waals surface area contributed by atoms with Crippen LogP contribution in [0.4, 0.5) is 0 Å². The fourth-order valence-corrected chi connectivity index (χ4v) is 3.67. The Bertz CT molecular complexity index is 547. The fraction of sp³-hybridized carbons (Fsp3) is 0.429. The second kappa shape index (κ2) is 7.54. The highest BCUT2D eigenvalue weighted by Crippen LogP contribution is 2.44. The van der Waals surface area contributed by atoms with Gasteiger partial charge < -0.3 is 10.2 Å². The summed E-state index contributed by atoms with van der Waals surface area (Å²) >= 11 is 0. The highest BCUT2D eigenvalue weighted by molar-refractivity contribution is 5.43. The van der Waals surface area contributed by atoms with Gasteiger partial charge in [0.25, 0.3) is 0 Å². The second-order valence-electron chi connectivity index (χ2n) is 6.57. The predicted molar refractivity (Wildman–Crippen MR) is 96.0 cm³/mol. The first-order valence-corrected chi connectivity index (χ1v) is 8.61. The van der Waals surface area contributed by atoms with Gasteiger partial charge in [-0.1, -0.05) is 57.9 Å². The summed E-state index contributed by atoms with van der Waals surface area (Å²) in [5.41, 5.74) is 2.30. The van der Waals surface area contributed by atoms with Crippen LogP contribution in [0.1, 0.15) is 57.6 Å². The number of hydrogen-bond donors (Lipinski definition) is 2. The van der Waals surface area contributed by atoms with Gasteiger partial charge in [0.15, 0.2) is 0 Å². The van der Waals surface area contributed by atoms with Crippen LogP contribution < -0.4 is 0 Å². The molecule has 0 saturated heterocycles. The molecule has 0 atom stereocenters. The number of phenolic OH excluding ortho intramolecular Hbond substituents is 2. The molecule has 0 unspecified atom stereocenters. The molecule has 0 aliphatic carbocycles. The molecule has 0 fully saturated rings. The van der Waals surface area contributed by atoms with E-state index in [-0.39, 0.29) is 5.41 Å². The number of rotatable bonds is 7. The number of aromatic hydroxyl groups is 2. The molecule has 2 aromatic carbocycles. The van der Waals surface area contributed by atoms with Crippen molar-refractivity contribution in [2.24, 2.45) is 5.92 Å². The highest BCUT2D eigenvalue weighted by atomic mass is 16.3. The summed E-state index contributed by atoms with van der Waals surface area (Å²) in [4.78, 5) is 0. The van der Waals surface area contributed by atoms with Crippen LogP contribution in [0.2, 0.25) is 0 Å². The van der Waals surface area contributed by atoms with E-state index < -0.39 is 0 Å². The van der Waals surface area contributed by atoms with Crippen LogP contribution in [-0.4, -0.2) is 10.2 Å². The third kappa shape index (κ3) is 3.69. The van der Waals surface area contributed by atoms with Crippen LogP contribution in [0.5, 0.6) is 11.5 Å². The quantitative estimate of drug-likeness (QED) is 0.696. The van der Waals surface area contributed by atoms with Gasteiger partial charge in [-0.3, -0.25) is 0 Å². The smallest absolute Gasteiger partial charge is 0.115 e. The molecule has 2 rings (SSSR count). The van der Waals surface area contributed by atoms with Gasteiger partial charge in [0.05, 0.1) is 0 Å². The summed E-state index contributed by atoms with van der Waals surface area (Å²) < 4.78 is 0. The van der Waals surface area contributed by atoms with Crippen molar-refractivity contribution >= 4 is 0 Å². The van der Waals surface area contributed by atoms with Crippen LogP contribution in [-0.2, 0) is 5.41 Å². The molecular formula is C21H28O2. The Balaban J connectivity index is 2.56. The van der Waals surface area contributed by atoms with Crippen molar-refractivity contribution in [1.82, 2.24) is 0 Å². The number of hydrogen-bond acceptors (Lipinski definition) is 2. The van der Waals surface area contributed by atoms with Crippen LogP contribution in [0.25, 0.3) is 0 Å². The third-order valence-corrected chi connectivity index (χ3v) is 5.02. The zero-order chi connectivity index (χ0) is 16.9. The minimum atomic E-state index is -0.132. The lowest BCUT2D eigenvalue weighted by molar-refractivity contribution is 0.298. The average Bonchev–Trinajstić information content (AvgIpc) is 2.55. The first-order valence-electron chi connectivity index (χ1n) is 8.61. The van der Waals surface area contributed by atoms with Crippen LogP contribution in [0.15, 0.2) is 48.5 Å². The van der Waals surface area contributed by atoms with Crippen molar-refractivity contribution in [1.29, 1.82) is 0 Å². The maximum absolute atomic E-state index is 9.64. The van der Waals surface area contributed by atoms with Crippen molar-refractivity contribution < 1.29 is 10.2 Å². The van der Waals surface area contributed by atoms with Gasteiger partial charge >= 0.3 is 0 Å². The molecule has 0 aliphatic heterocycles. The summed E-state index contributed by atoms with van der Waals surface area (Å²) in [5.74, 6) is 1.11. The highest BCUT2D eigenvalue weighted by Gasteiger charge is 2.36. The van der Waals surface area contributed by atoms with Crippen molar-refractivity contribution in [2.75, 3.05) is 0 Å². The van der Waals surface area contributed by atoms with E-state index in [0.717, 1.165) is 25.7 Å². The van der Waals surface area contributed by atoms with E-state index in [9.17, 15) is 10.2 Å². The van der Waals surface area contributed by atoms with E-state index in [1.165, 1.54) is 11.1 Å². The zero-order valence-corrected chi connectivity index (χ0v) is 14.4. The molecule has 0 radical (unpaired) electrons. The predicted octanol–water partition coefficient (Wildman–Crippen LogP) is 5.62. The lowest BCUT2D eigenvalue weighted by Gasteiger charge is -2.39. The van der Waals surface area contributed by atoms with E-state index >= 15 is 0 Å². The lowest BCUT2D eigenvalue weighted by Crippen LogP contribution is -2.33. The monoisotopic (exact) mass is 312 g/mol. The van der Waals surface area contributed by atoms with Crippen molar-refractivity contribution in [3.8, 4) is 11.5 Å². The maximum Gasteiger partial charge on any atom is 0.115 e. The van der Waals surface area contributed by atoms with E-state index in [2.05, 4.69) is 20.8 Å². The molecule has 0 bridgehead atoms. The van der Waals surface area contributed by atoms with Gasteiger partial charge in [0, 0.05) is 5.41 Å². The van der Waals surface area contributed by atoms with E-state index in [0.29, 0.717) is 17.4 Å². The maximum atomic E-state index is 9.64. The van der Waals surface area contributed by atoms with Gasteiger partial charge in [0.2, 0.25) is 0 Å². The Morgan fingerprint density at radius 1 is 0.739 bits per heavy atom. The molecule has 2 heteroatoms. The zero-order valence-electron chi connectivity index (χ0n) is 14.4. The van der Waals surface area contributed by atoms with Crippen LogP contribution >= 0.6 is 0 Å². The number of phenols is 2. The first-order chi connectivity index (χ1) is 11.0. The fourth-order valence-electron chi connectivity index (χ4n) is 3.67. The van der Waals surface area contributed by atoms with Gasteiger partial charge in [-0.2, -0.15) is 0 Å². The van der Waals surface area contributed by atoms with Gasteiger partial charge in [-0.15, -0.1) is 0 Å². The SMILES string of the molecule is CCCC(CCC)C(C)(c1ccc(O)cc1)c1ccc(O)cc1. The molecule has 2 nitrogen and oxygen atoms in total. The largest absolute Gasteiger partial charge is 0.508 e. The van der Waals surface area contributed by atoms with Gasteiger partial charge in [0.1, 0.15) is 11.5 Å². The number of benzene rings is 2. The minimum absolute atomic E-state index is 0.132. The van der Waals surface area contributed by atoms with Crippen molar-refractivity contribution in [3.63, 3.8) is 0 Å². The summed E-state index contributed by atoms with van der Waals surface area (Å²) in [6, 6.07) is 15.2. The molecule has 0 amide bonds. The molecule has 2 N–H and O–H groups in total. The van der Waals surface area contributed by atoms with E-state index in [1.54, 1.807) is 24.3 Å². The molecule has 0 aromatic heterocycles. The molecule has 0 aliphatic rings.